The molecule has 0 aliphatic heterocycles. The molecule has 1 aromatic carbocycles. The van der Waals surface area contributed by atoms with E-state index < -0.39 is 0 Å². The number of hydrogen-bond donors (Lipinski definition) is 0. The lowest BCUT2D eigenvalue weighted by Gasteiger charge is -2.27. The molecule has 0 amide bonds. The van der Waals surface area contributed by atoms with E-state index in [1.54, 1.807) is 0 Å². The Morgan fingerprint density at radius 1 is 1.31 bits per heavy atom. The Labute approximate surface area is 104 Å². The molecule has 0 aromatic heterocycles. The summed E-state index contributed by atoms with van der Waals surface area (Å²) in [6.45, 7) is 10.9. The highest BCUT2D eigenvalue weighted by atomic mass is 35.5. The molecule has 0 aliphatic rings. The van der Waals surface area contributed by atoms with Crippen LogP contribution in [0.4, 0.5) is 5.69 Å². The standard InChI is InChI=1S/C14H22ClN/c1-5-16(10-11(2)3)14-7-6-12(4)8-13(14)9-15/h6-8,11H,5,9-10H2,1-4H3. The van der Waals surface area contributed by atoms with Gasteiger partial charge in [-0.05, 0) is 31.4 Å². The second-order valence-corrected chi connectivity index (χ2v) is 4.97. The summed E-state index contributed by atoms with van der Waals surface area (Å²) in [5.74, 6) is 1.26. The van der Waals surface area contributed by atoms with Gasteiger partial charge in [0.05, 0.1) is 0 Å². The zero-order valence-corrected chi connectivity index (χ0v) is 11.5. The van der Waals surface area contributed by atoms with E-state index in [0.29, 0.717) is 11.8 Å². The summed E-state index contributed by atoms with van der Waals surface area (Å²) in [6.07, 6.45) is 0. The van der Waals surface area contributed by atoms with Crippen LogP contribution >= 0.6 is 11.6 Å². The second kappa shape index (κ2) is 6.15. The van der Waals surface area contributed by atoms with Gasteiger partial charge in [0, 0.05) is 24.7 Å². The van der Waals surface area contributed by atoms with Crippen molar-refractivity contribution in [2.75, 3.05) is 18.0 Å². The van der Waals surface area contributed by atoms with Gasteiger partial charge in [0.25, 0.3) is 0 Å². The molecule has 2 heteroatoms. The maximum atomic E-state index is 6.01. The molecule has 0 aliphatic carbocycles. The van der Waals surface area contributed by atoms with Gasteiger partial charge in [-0.3, -0.25) is 0 Å². The van der Waals surface area contributed by atoms with E-state index in [1.807, 2.05) is 0 Å². The number of alkyl halides is 1. The lowest BCUT2D eigenvalue weighted by molar-refractivity contribution is 0.618. The Bertz CT molecular complexity index is 334. The van der Waals surface area contributed by atoms with Gasteiger partial charge in [-0.25, -0.2) is 0 Å². The highest BCUT2D eigenvalue weighted by Gasteiger charge is 2.10. The van der Waals surface area contributed by atoms with Gasteiger partial charge < -0.3 is 4.90 Å². The zero-order valence-electron chi connectivity index (χ0n) is 10.8. The maximum Gasteiger partial charge on any atom is 0.0494 e. The van der Waals surface area contributed by atoms with E-state index in [4.69, 9.17) is 11.6 Å². The summed E-state index contributed by atoms with van der Waals surface area (Å²) in [7, 11) is 0. The van der Waals surface area contributed by atoms with Crippen LogP contribution in [0, 0.1) is 12.8 Å². The molecular weight excluding hydrogens is 218 g/mol. The smallest absolute Gasteiger partial charge is 0.0494 e. The van der Waals surface area contributed by atoms with Crippen molar-refractivity contribution in [3.63, 3.8) is 0 Å². The van der Waals surface area contributed by atoms with Crippen LogP contribution in [0.2, 0.25) is 0 Å². The first-order valence-electron chi connectivity index (χ1n) is 5.98. The van der Waals surface area contributed by atoms with Gasteiger partial charge in [-0.2, -0.15) is 0 Å². The predicted octanol–water partition coefficient (Wildman–Crippen LogP) is 4.22. The van der Waals surface area contributed by atoms with Gasteiger partial charge in [-0.15, -0.1) is 11.6 Å². The van der Waals surface area contributed by atoms with E-state index in [1.165, 1.54) is 16.8 Å². The minimum atomic E-state index is 0.589. The maximum absolute atomic E-state index is 6.01. The highest BCUT2D eigenvalue weighted by molar-refractivity contribution is 6.17. The first-order chi connectivity index (χ1) is 7.58. The number of nitrogens with zero attached hydrogens (tertiary/aromatic N) is 1. The van der Waals surface area contributed by atoms with Crippen LogP contribution in [0.1, 0.15) is 31.9 Å². The molecule has 1 rings (SSSR count). The first kappa shape index (κ1) is 13.4. The monoisotopic (exact) mass is 239 g/mol. The van der Waals surface area contributed by atoms with Crippen molar-refractivity contribution in [2.24, 2.45) is 5.92 Å². The van der Waals surface area contributed by atoms with Crippen molar-refractivity contribution in [3.05, 3.63) is 29.3 Å². The van der Waals surface area contributed by atoms with Crippen molar-refractivity contribution in [2.45, 2.75) is 33.6 Å². The molecule has 16 heavy (non-hydrogen) atoms. The van der Waals surface area contributed by atoms with Crippen molar-refractivity contribution in [1.82, 2.24) is 0 Å². The molecule has 0 unspecified atom stereocenters. The number of hydrogen-bond acceptors (Lipinski definition) is 1. The first-order valence-corrected chi connectivity index (χ1v) is 6.52. The second-order valence-electron chi connectivity index (χ2n) is 4.70. The summed E-state index contributed by atoms with van der Waals surface area (Å²) < 4.78 is 0. The number of benzene rings is 1. The molecule has 0 N–H and O–H groups in total. The Morgan fingerprint density at radius 2 is 2.00 bits per heavy atom. The van der Waals surface area contributed by atoms with Gasteiger partial charge in [-0.1, -0.05) is 31.5 Å². The minimum absolute atomic E-state index is 0.589. The van der Waals surface area contributed by atoms with Crippen molar-refractivity contribution in [1.29, 1.82) is 0 Å². The highest BCUT2D eigenvalue weighted by Crippen LogP contribution is 2.24. The Morgan fingerprint density at radius 3 is 2.50 bits per heavy atom. The van der Waals surface area contributed by atoms with E-state index in [0.717, 1.165) is 13.1 Å². The van der Waals surface area contributed by atoms with Crippen molar-refractivity contribution < 1.29 is 0 Å². The van der Waals surface area contributed by atoms with Crippen LogP contribution in [0.3, 0.4) is 0 Å². The number of halogens is 1. The molecule has 1 aromatic rings. The molecular formula is C14H22ClN. The Hall–Kier alpha value is -0.690. The lowest BCUT2D eigenvalue weighted by atomic mass is 10.1. The van der Waals surface area contributed by atoms with Gasteiger partial charge in [0.15, 0.2) is 0 Å². The van der Waals surface area contributed by atoms with Crippen LogP contribution in [0.15, 0.2) is 18.2 Å². The van der Waals surface area contributed by atoms with E-state index in [-0.39, 0.29) is 0 Å². The van der Waals surface area contributed by atoms with E-state index in [9.17, 15) is 0 Å². The normalized spacial score (nSPS) is 10.9. The summed E-state index contributed by atoms with van der Waals surface area (Å²) in [5.41, 5.74) is 3.81. The van der Waals surface area contributed by atoms with E-state index >= 15 is 0 Å². The SMILES string of the molecule is CCN(CC(C)C)c1ccc(C)cc1CCl. The molecule has 90 valence electrons. The molecule has 0 fully saturated rings. The fourth-order valence-corrected chi connectivity index (χ4v) is 2.18. The average Bonchev–Trinajstić information content (AvgIpc) is 2.25. The number of rotatable bonds is 5. The van der Waals surface area contributed by atoms with E-state index in [2.05, 4.69) is 50.8 Å². The topological polar surface area (TPSA) is 3.24 Å². The molecule has 0 saturated heterocycles. The average molecular weight is 240 g/mol. The molecule has 1 nitrogen and oxygen atoms in total. The third kappa shape index (κ3) is 3.41. The predicted molar refractivity (Wildman–Crippen MR) is 73.5 cm³/mol. The van der Waals surface area contributed by atoms with Crippen molar-refractivity contribution >= 4 is 17.3 Å². The molecule has 0 radical (unpaired) electrons. The lowest BCUT2D eigenvalue weighted by Crippen LogP contribution is -2.28. The third-order valence-electron chi connectivity index (χ3n) is 2.69. The van der Waals surface area contributed by atoms with Crippen molar-refractivity contribution in [3.8, 4) is 0 Å². The molecule has 0 heterocycles. The molecule has 0 atom stereocenters. The fourth-order valence-electron chi connectivity index (χ4n) is 1.97. The summed E-state index contributed by atoms with van der Waals surface area (Å²) >= 11 is 6.01. The van der Waals surface area contributed by atoms with Crippen LogP contribution in [0.25, 0.3) is 0 Å². The van der Waals surface area contributed by atoms with Gasteiger partial charge >= 0.3 is 0 Å². The summed E-state index contributed by atoms with van der Waals surface area (Å²) in [5, 5.41) is 0. The molecule has 0 saturated carbocycles. The van der Waals surface area contributed by atoms with Gasteiger partial charge in [0.2, 0.25) is 0 Å². The van der Waals surface area contributed by atoms with Crippen LogP contribution in [-0.4, -0.2) is 13.1 Å². The summed E-state index contributed by atoms with van der Waals surface area (Å²) in [6, 6.07) is 6.54. The Kier molecular flexibility index (Phi) is 5.14. The number of anilines is 1. The van der Waals surface area contributed by atoms with Crippen LogP contribution in [0.5, 0.6) is 0 Å². The third-order valence-corrected chi connectivity index (χ3v) is 2.97. The molecule has 0 spiro atoms. The van der Waals surface area contributed by atoms with Crippen LogP contribution in [-0.2, 0) is 5.88 Å². The van der Waals surface area contributed by atoms with Crippen LogP contribution < -0.4 is 4.90 Å². The zero-order chi connectivity index (χ0) is 12.1. The quantitative estimate of drug-likeness (QED) is 0.696. The van der Waals surface area contributed by atoms with Gasteiger partial charge in [0.1, 0.15) is 0 Å². The fraction of sp³-hybridized carbons (Fsp3) is 0.571. The largest absolute Gasteiger partial charge is 0.371 e. The minimum Gasteiger partial charge on any atom is -0.371 e. The summed E-state index contributed by atoms with van der Waals surface area (Å²) in [4.78, 5) is 2.40. The molecule has 0 bridgehead atoms. The Balaban J connectivity index is 2.99. The number of aryl methyl sites for hydroxylation is 1.